The number of carbonyl (C=O) groups is 1. The highest BCUT2D eigenvalue weighted by Gasteiger charge is 2.21. The van der Waals surface area contributed by atoms with Crippen molar-refractivity contribution in [2.45, 2.75) is 18.9 Å². The third-order valence-corrected chi connectivity index (χ3v) is 4.43. The molecule has 1 aromatic heterocycles. The van der Waals surface area contributed by atoms with E-state index in [2.05, 4.69) is 25.5 Å². The predicted octanol–water partition coefficient (Wildman–Crippen LogP) is 2.22. The minimum absolute atomic E-state index is 0.291. The number of anilines is 2. The van der Waals surface area contributed by atoms with Gasteiger partial charge in [0.1, 0.15) is 0 Å². The molecule has 8 heteroatoms. The van der Waals surface area contributed by atoms with Crippen LogP contribution < -0.4 is 15.5 Å². The van der Waals surface area contributed by atoms with Crippen molar-refractivity contribution in [3.63, 3.8) is 0 Å². The van der Waals surface area contributed by atoms with Gasteiger partial charge in [0.05, 0.1) is 12.7 Å². The van der Waals surface area contributed by atoms with Crippen LogP contribution >= 0.6 is 12.2 Å². The molecular weight excluding hydrogens is 350 g/mol. The number of hydrogen-bond donors (Lipinski definition) is 2. The topological polar surface area (TPSA) is 79.4 Å². The summed E-state index contributed by atoms with van der Waals surface area (Å²) in [4.78, 5) is 22.4. The minimum Gasteiger partial charge on any atom is -0.465 e. The smallest absolute Gasteiger partial charge is 0.337 e. The summed E-state index contributed by atoms with van der Waals surface area (Å²) in [6.45, 7) is 1.75. The molecule has 0 radical (unpaired) electrons. The number of nitrogens with one attached hydrogen (secondary N) is 2. The Balaban J connectivity index is 1.50. The standard InChI is InChI=1S/C18H21N5O2S/c1-25-16(24)13-4-2-5-15(12-13)22-18(26)21-14-6-10-23(11-7-14)17-19-8-3-9-20-17/h2-5,8-9,12,14H,6-7,10-11H2,1H3,(H2,21,22,26). The average Bonchev–Trinajstić information content (AvgIpc) is 2.68. The summed E-state index contributed by atoms with van der Waals surface area (Å²) in [6.07, 6.45) is 5.41. The zero-order valence-electron chi connectivity index (χ0n) is 14.5. The van der Waals surface area contributed by atoms with Crippen molar-refractivity contribution in [2.75, 3.05) is 30.4 Å². The molecule has 1 fully saturated rings. The van der Waals surface area contributed by atoms with Gasteiger partial charge in [-0.2, -0.15) is 0 Å². The number of aromatic nitrogens is 2. The van der Waals surface area contributed by atoms with Crippen molar-refractivity contribution in [2.24, 2.45) is 0 Å². The molecule has 26 heavy (non-hydrogen) atoms. The van der Waals surface area contributed by atoms with E-state index in [1.807, 2.05) is 12.1 Å². The number of ether oxygens (including phenoxy) is 1. The van der Waals surface area contributed by atoms with E-state index in [4.69, 9.17) is 17.0 Å². The van der Waals surface area contributed by atoms with Crippen LogP contribution in [-0.2, 0) is 4.74 Å². The minimum atomic E-state index is -0.372. The molecule has 0 amide bonds. The summed E-state index contributed by atoms with van der Waals surface area (Å²) in [7, 11) is 1.36. The van der Waals surface area contributed by atoms with Crippen molar-refractivity contribution < 1.29 is 9.53 Å². The van der Waals surface area contributed by atoms with Crippen LogP contribution in [0.2, 0.25) is 0 Å². The number of benzene rings is 1. The Morgan fingerprint density at radius 2 is 1.96 bits per heavy atom. The molecule has 0 unspecified atom stereocenters. The number of esters is 1. The zero-order chi connectivity index (χ0) is 18.4. The monoisotopic (exact) mass is 371 g/mol. The summed E-state index contributed by atoms with van der Waals surface area (Å²) in [5.74, 6) is 0.398. The Labute approximate surface area is 157 Å². The Morgan fingerprint density at radius 1 is 1.23 bits per heavy atom. The number of hydrogen-bond acceptors (Lipinski definition) is 6. The Bertz CT molecular complexity index is 763. The number of nitrogens with zero attached hydrogens (tertiary/aromatic N) is 3. The average molecular weight is 371 g/mol. The molecule has 1 saturated heterocycles. The number of methoxy groups -OCH3 is 1. The molecule has 0 atom stereocenters. The molecule has 1 aliphatic rings. The lowest BCUT2D eigenvalue weighted by molar-refractivity contribution is 0.0601. The number of rotatable bonds is 4. The number of thiocarbonyl (C=S) groups is 1. The van der Waals surface area contributed by atoms with E-state index in [0.29, 0.717) is 16.7 Å². The lowest BCUT2D eigenvalue weighted by Gasteiger charge is -2.32. The van der Waals surface area contributed by atoms with Crippen molar-refractivity contribution in [1.29, 1.82) is 0 Å². The van der Waals surface area contributed by atoms with E-state index >= 15 is 0 Å². The maximum atomic E-state index is 11.6. The van der Waals surface area contributed by atoms with Gasteiger partial charge in [-0.15, -0.1) is 0 Å². The molecule has 1 aliphatic heterocycles. The van der Waals surface area contributed by atoms with Gasteiger partial charge in [-0.25, -0.2) is 14.8 Å². The lowest BCUT2D eigenvalue weighted by Crippen LogP contribution is -2.46. The molecule has 2 heterocycles. The van der Waals surface area contributed by atoms with Gasteiger partial charge >= 0.3 is 5.97 Å². The molecule has 0 saturated carbocycles. The van der Waals surface area contributed by atoms with Crippen molar-refractivity contribution in [3.05, 3.63) is 48.3 Å². The van der Waals surface area contributed by atoms with Crippen LogP contribution in [0.1, 0.15) is 23.2 Å². The lowest BCUT2D eigenvalue weighted by atomic mass is 10.1. The van der Waals surface area contributed by atoms with E-state index in [-0.39, 0.29) is 5.97 Å². The van der Waals surface area contributed by atoms with E-state index in [1.54, 1.807) is 30.6 Å². The number of piperidine rings is 1. The Kier molecular flexibility index (Phi) is 5.96. The highest BCUT2D eigenvalue weighted by Crippen LogP contribution is 2.16. The van der Waals surface area contributed by atoms with E-state index in [1.165, 1.54) is 7.11 Å². The van der Waals surface area contributed by atoms with Gasteiger partial charge in [0.25, 0.3) is 0 Å². The maximum Gasteiger partial charge on any atom is 0.337 e. The van der Waals surface area contributed by atoms with E-state index in [0.717, 1.165) is 37.6 Å². The summed E-state index contributed by atoms with van der Waals surface area (Å²) < 4.78 is 4.73. The predicted molar refractivity (Wildman–Crippen MR) is 104 cm³/mol. The molecule has 3 rings (SSSR count). The SMILES string of the molecule is COC(=O)c1cccc(NC(=S)NC2CCN(c3ncccn3)CC2)c1. The molecule has 0 spiro atoms. The molecule has 1 aromatic carbocycles. The molecule has 136 valence electrons. The first-order chi connectivity index (χ1) is 12.7. The third-order valence-electron chi connectivity index (χ3n) is 4.21. The van der Waals surface area contributed by atoms with Gasteiger partial charge in [-0.3, -0.25) is 0 Å². The van der Waals surface area contributed by atoms with Crippen molar-refractivity contribution in [1.82, 2.24) is 15.3 Å². The van der Waals surface area contributed by atoms with Crippen LogP contribution in [-0.4, -0.2) is 47.3 Å². The van der Waals surface area contributed by atoms with Crippen molar-refractivity contribution >= 4 is 34.9 Å². The molecule has 2 aromatic rings. The zero-order valence-corrected chi connectivity index (χ0v) is 15.3. The van der Waals surface area contributed by atoms with Crippen LogP contribution in [0.3, 0.4) is 0 Å². The fraction of sp³-hybridized carbons (Fsp3) is 0.333. The molecular formula is C18H21N5O2S. The van der Waals surface area contributed by atoms with E-state index < -0.39 is 0 Å². The summed E-state index contributed by atoms with van der Waals surface area (Å²) in [5, 5.41) is 7.01. The van der Waals surface area contributed by atoms with Crippen LogP contribution in [0.15, 0.2) is 42.7 Å². The van der Waals surface area contributed by atoms with Gasteiger partial charge < -0.3 is 20.3 Å². The largest absolute Gasteiger partial charge is 0.465 e. The summed E-state index contributed by atoms with van der Waals surface area (Å²) >= 11 is 5.40. The third kappa shape index (κ3) is 4.66. The molecule has 2 N–H and O–H groups in total. The Hall–Kier alpha value is -2.74. The first-order valence-corrected chi connectivity index (χ1v) is 8.84. The second-order valence-electron chi connectivity index (χ2n) is 5.98. The summed E-state index contributed by atoms with van der Waals surface area (Å²) in [6, 6.07) is 9.17. The van der Waals surface area contributed by atoms with E-state index in [9.17, 15) is 4.79 Å². The highest BCUT2D eigenvalue weighted by atomic mass is 32.1. The van der Waals surface area contributed by atoms with Crippen molar-refractivity contribution in [3.8, 4) is 0 Å². The van der Waals surface area contributed by atoms with Gasteiger partial charge in [0.2, 0.25) is 5.95 Å². The molecule has 7 nitrogen and oxygen atoms in total. The first-order valence-electron chi connectivity index (χ1n) is 8.43. The molecule has 0 aliphatic carbocycles. The van der Waals surface area contributed by atoms with Crippen LogP contribution in [0.25, 0.3) is 0 Å². The molecule has 0 bridgehead atoms. The van der Waals surface area contributed by atoms with Gasteiger partial charge in [0.15, 0.2) is 5.11 Å². The van der Waals surface area contributed by atoms with Crippen LogP contribution in [0, 0.1) is 0 Å². The van der Waals surface area contributed by atoms with Crippen LogP contribution in [0.5, 0.6) is 0 Å². The normalized spacial score (nSPS) is 14.6. The second-order valence-corrected chi connectivity index (χ2v) is 6.39. The Morgan fingerprint density at radius 3 is 2.65 bits per heavy atom. The number of carbonyl (C=O) groups excluding carboxylic acids is 1. The highest BCUT2D eigenvalue weighted by molar-refractivity contribution is 7.80. The van der Waals surface area contributed by atoms with Crippen LogP contribution in [0.4, 0.5) is 11.6 Å². The summed E-state index contributed by atoms with van der Waals surface area (Å²) in [5.41, 5.74) is 1.23. The van der Waals surface area contributed by atoms with Gasteiger partial charge in [-0.1, -0.05) is 6.07 Å². The fourth-order valence-corrected chi connectivity index (χ4v) is 3.16. The maximum absolute atomic E-state index is 11.6. The van der Waals surface area contributed by atoms with Gasteiger partial charge in [0, 0.05) is 37.2 Å². The second kappa shape index (κ2) is 8.57. The fourth-order valence-electron chi connectivity index (χ4n) is 2.87. The van der Waals surface area contributed by atoms with Gasteiger partial charge in [-0.05, 0) is 49.3 Å². The first kappa shape index (κ1) is 18.1. The quantitative estimate of drug-likeness (QED) is 0.626.